The summed E-state index contributed by atoms with van der Waals surface area (Å²) >= 11 is 14.3. The number of para-hydroxylation sites is 1. The SMILES string of the molecule is CCCOc1cccc(C(=O)Nc2cc(-c3nc4ccccc4s3)c(Cl)cc2Cl)c1. The molecule has 4 rings (SSSR count). The number of anilines is 1. The zero-order valence-corrected chi connectivity index (χ0v) is 18.4. The molecule has 3 aromatic carbocycles. The molecule has 0 aliphatic carbocycles. The molecule has 152 valence electrons. The quantitative estimate of drug-likeness (QED) is 0.330. The number of carbonyl (C=O) groups is 1. The van der Waals surface area contributed by atoms with Crippen molar-refractivity contribution in [2.24, 2.45) is 0 Å². The molecule has 0 unspecified atom stereocenters. The van der Waals surface area contributed by atoms with Crippen LogP contribution < -0.4 is 10.1 Å². The van der Waals surface area contributed by atoms with Crippen LogP contribution in [0.3, 0.4) is 0 Å². The summed E-state index contributed by atoms with van der Waals surface area (Å²) < 4.78 is 6.67. The normalized spacial score (nSPS) is 10.9. The van der Waals surface area contributed by atoms with E-state index >= 15 is 0 Å². The van der Waals surface area contributed by atoms with E-state index < -0.39 is 0 Å². The van der Waals surface area contributed by atoms with Crippen molar-refractivity contribution in [3.05, 3.63) is 76.3 Å². The predicted octanol–water partition coefficient (Wildman–Crippen LogP) is 7.31. The Hall–Kier alpha value is -2.60. The average Bonchev–Trinajstić information content (AvgIpc) is 3.18. The van der Waals surface area contributed by atoms with Crippen molar-refractivity contribution in [1.82, 2.24) is 4.98 Å². The molecule has 4 nitrogen and oxygen atoms in total. The van der Waals surface area contributed by atoms with Gasteiger partial charge in [-0.05, 0) is 48.9 Å². The number of carbonyl (C=O) groups excluding carboxylic acids is 1. The van der Waals surface area contributed by atoms with Crippen LogP contribution >= 0.6 is 34.5 Å². The summed E-state index contributed by atoms with van der Waals surface area (Å²) in [6, 6.07) is 18.3. The van der Waals surface area contributed by atoms with Crippen LogP contribution in [0.2, 0.25) is 10.0 Å². The smallest absolute Gasteiger partial charge is 0.255 e. The summed E-state index contributed by atoms with van der Waals surface area (Å²) in [5, 5.41) is 4.48. The molecule has 4 aromatic rings. The standard InChI is InChI=1S/C23H18Cl2N2O2S/c1-2-10-29-15-7-5-6-14(11-15)22(28)26-20-12-16(17(24)13-18(20)25)23-27-19-8-3-4-9-21(19)30-23/h3-9,11-13H,2,10H2,1H3,(H,26,28). The topological polar surface area (TPSA) is 51.2 Å². The second-order valence-electron chi connectivity index (χ2n) is 6.63. The number of aromatic nitrogens is 1. The Morgan fingerprint density at radius 2 is 1.90 bits per heavy atom. The highest BCUT2D eigenvalue weighted by Gasteiger charge is 2.16. The summed E-state index contributed by atoms with van der Waals surface area (Å²) in [5.41, 5.74) is 2.58. The Balaban J connectivity index is 1.63. The monoisotopic (exact) mass is 456 g/mol. The lowest BCUT2D eigenvalue weighted by Crippen LogP contribution is -2.12. The van der Waals surface area contributed by atoms with Crippen molar-refractivity contribution in [1.29, 1.82) is 0 Å². The molecule has 0 bridgehead atoms. The van der Waals surface area contributed by atoms with Crippen LogP contribution in [0.15, 0.2) is 60.7 Å². The van der Waals surface area contributed by atoms with E-state index in [4.69, 9.17) is 27.9 Å². The van der Waals surface area contributed by atoms with Crippen molar-refractivity contribution >= 4 is 56.3 Å². The van der Waals surface area contributed by atoms with Gasteiger partial charge in [-0.25, -0.2) is 4.98 Å². The highest BCUT2D eigenvalue weighted by Crippen LogP contribution is 2.39. The molecule has 1 aromatic heterocycles. The number of hydrogen-bond donors (Lipinski definition) is 1. The van der Waals surface area contributed by atoms with Gasteiger partial charge in [0.2, 0.25) is 0 Å². The van der Waals surface area contributed by atoms with Gasteiger partial charge in [0.25, 0.3) is 5.91 Å². The molecular weight excluding hydrogens is 439 g/mol. The first-order valence-corrected chi connectivity index (χ1v) is 11.0. The number of rotatable bonds is 6. The van der Waals surface area contributed by atoms with E-state index in [1.54, 1.807) is 30.3 Å². The van der Waals surface area contributed by atoms with E-state index in [1.165, 1.54) is 11.3 Å². The van der Waals surface area contributed by atoms with Gasteiger partial charge in [-0.1, -0.05) is 48.3 Å². The molecule has 7 heteroatoms. The first-order valence-electron chi connectivity index (χ1n) is 9.44. The number of amides is 1. The molecule has 0 saturated heterocycles. The third-order valence-corrected chi connectivity index (χ3v) is 6.09. The first kappa shape index (κ1) is 20.7. The Bertz CT molecular complexity index is 1190. The summed E-state index contributed by atoms with van der Waals surface area (Å²) in [5.74, 6) is 0.373. The molecule has 0 aliphatic heterocycles. The van der Waals surface area contributed by atoms with Gasteiger partial charge in [0.05, 0.1) is 32.6 Å². The summed E-state index contributed by atoms with van der Waals surface area (Å²) in [4.78, 5) is 17.4. The molecule has 0 atom stereocenters. The summed E-state index contributed by atoms with van der Waals surface area (Å²) in [6.07, 6.45) is 0.894. The van der Waals surface area contributed by atoms with Gasteiger partial charge in [0.1, 0.15) is 10.8 Å². The summed E-state index contributed by atoms with van der Waals surface area (Å²) in [7, 11) is 0. The summed E-state index contributed by atoms with van der Waals surface area (Å²) in [6.45, 7) is 2.63. The molecule has 1 heterocycles. The Labute approximate surface area is 188 Å². The molecule has 1 N–H and O–H groups in total. The minimum atomic E-state index is -0.281. The maximum atomic E-state index is 12.8. The van der Waals surface area contributed by atoms with Crippen LogP contribution in [0.25, 0.3) is 20.8 Å². The number of nitrogens with one attached hydrogen (secondary N) is 1. The van der Waals surface area contributed by atoms with Crippen molar-refractivity contribution in [3.8, 4) is 16.3 Å². The Morgan fingerprint density at radius 1 is 1.07 bits per heavy atom. The highest BCUT2D eigenvalue weighted by atomic mass is 35.5. The van der Waals surface area contributed by atoms with Gasteiger partial charge >= 0.3 is 0 Å². The minimum Gasteiger partial charge on any atom is -0.494 e. The fraction of sp³-hybridized carbons (Fsp3) is 0.130. The molecule has 0 spiro atoms. The Kier molecular flexibility index (Phi) is 6.23. The van der Waals surface area contributed by atoms with Crippen LogP contribution in [-0.4, -0.2) is 17.5 Å². The van der Waals surface area contributed by atoms with E-state index in [0.717, 1.165) is 27.2 Å². The third kappa shape index (κ3) is 4.43. The lowest BCUT2D eigenvalue weighted by Gasteiger charge is -2.11. The molecule has 1 amide bonds. The predicted molar refractivity (Wildman–Crippen MR) is 125 cm³/mol. The number of ether oxygens (including phenoxy) is 1. The van der Waals surface area contributed by atoms with E-state index in [9.17, 15) is 4.79 Å². The van der Waals surface area contributed by atoms with Gasteiger partial charge in [0.15, 0.2) is 0 Å². The molecular formula is C23H18Cl2N2O2S. The number of halogens is 2. The van der Waals surface area contributed by atoms with Crippen LogP contribution in [0.4, 0.5) is 5.69 Å². The second-order valence-corrected chi connectivity index (χ2v) is 8.47. The largest absolute Gasteiger partial charge is 0.494 e. The lowest BCUT2D eigenvalue weighted by molar-refractivity contribution is 0.102. The van der Waals surface area contributed by atoms with Crippen LogP contribution in [0.1, 0.15) is 23.7 Å². The van der Waals surface area contributed by atoms with E-state index in [-0.39, 0.29) is 5.91 Å². The zero-order valence-electron chi connectivity index (χ0n) is 16.1. The van der Waals surface area contributed by atoms with Crippen molar-refractivity contribution < 1.29 is 9.53 Å². The molecule has 30 heavy (non-hydrogen) atoms. The molecule has 0 fully saturated rings. The number of nitrogens with zero attached hydrogens (tertiary/aromatic N) is 1. The van der Waals surface area contributed by atoms with Crippen LogP contribution in [0.5, 0.6) is 5.75 Å². The van der Waals surface area contributed by atoms with E-state index in [0.29, 0.717) is 33.7 Å². The van der Waals surface area contributed by atoms with E-state index in [1.807, 2.05) is 37.3 Å². The van der Waals surface area contributed by atoms with Gasteiger partial charge in [-0.15, -0.1) is 11.3 Å². The maximum Gasteiger partial charge on any atom is 0.255 e. The average molecular weight is 457 g/mol. The fourth-order valence-corrected chi connectivity index (χ4v) is 4.51. The van der Waals surface area contributed by atoms with Crippen molar-refractivity contribution in [2.75, 3.05) is 11.9 Å². The van der Waals surface area contributed by atoms with Gasteiger partial charge in [-0.3, -0.25) is 4.79 Å². The van der Waals surface area contributed by atoms with Crippen LogP contribution in [0, 0.1) is 0 Å². The maximum absolute atomic E-state index is 12.8. The van der Waals surface area contributed by atoms with Crippen molar-refractivity contribution in [2.45, 2.75) is 13.3 Å². The van der Waals surface area contributed by atoms with Crippen LogP contribution in [-0.2, 0) is 0 Å². The first-order chi connectivity index (χ1) is 14.5. The second kappa shape index (κ2) is 9.04. The van der Waals surface area contributed by atoms with Crippen molar-refractivity contribution in [3.63, 3.8) is 0 Å². The third-order valence-electron chi connectivity index (χ3n) is 4.40. The number of benzene rings is 3. The lowest BCUT2D eigenvalue weighted by atomic mass is 10.1. The molecule has 0 aliphatic rings. The highest BCUT2D eigenvalue weighted by molar-refractivity contribution is 7.21. The van der Waals surface area contributed by atoms with Gasteiger partial charge in [-0.2, -0.15) is 0 Å². The minimum absolute atomic E-state index is 0.281. The number of thiazole rings is 1. The van der Waals surface area contributed by atoms with Gasteiger partial charge in [0, 0.05) is 11.1 Å². The molecule has 0 radical (unpaired) electrons. The van der Waals surface area contributed by atoms with Gasteiger partial charge < -0.3 is 10.1 Å². The Morgan fingerprint density at radius 3 is 2.70 bits per heavy atom. The number of hydrogen-bond acceptors (Lipinski definition) is 4. The van der Waals surface area contributed by atoms with E-state index in [2.05, 4.69) is 10.3 Å². The zero-order chi connectivity index (χ0) is 21.1. The number of fused-ring (bicyclic) bond motifs is 1. The molecule has 0 saturated carbocycles. The fourth-order valence-electron chi connectivity index (χ4n) is 2.94.